The Labute approximate surface area is 81.7 Å². The third-order valence-corrected chi connectivity index (χ3v) is 1.56. The summed E-state index contributed by atoms with van der Waals surface area (Å²) in [4.78, 5) is 31.4. The molecule has 1 unspecified atom stereocenters. The molecular weight excluding hydrogens is 188 g/mol. The molecule has 2 amide bonds. The quantitative estimate of drug-likeness (QED) is 0.466. The molecule has 0 radical (unpaired) electrons. The first-order valence-electron chi connectivity index (χ1n) is 4.31. The largest absolute Gasteiger partial charge is 0.480 e. The number of rotatable bonds is 7. The Morgan fingerprint density at radius 3 is 2.57 bits per heavy atom. The lowest BCUT2D eigenvalue weighted by Crippen LogP contribution is -2.44. The van der Waals surface area contributed by atoms with Crippen LogP contribution < -0.4 is 10.6 Å². The van der Waals surface area contributed by atoms with Crippen molar-refractivity contribution in [1.29, 1.82) is 0 Å². The van der Waals surface area contributed by atoms with Gasteiger partial charge in [-0.3, -0.25) is 9.59 Å². The summed E-state index contributed by atoms with van der Waals surface area (Å²) in [7, 11) is 0. The van der Waals surface area contributed by atoms with Crippen molar-refractivity contribution >= 4 is 18.3 Å². The fourth-order valence-electron chi connectivity index (χ4n) is 0.926. The molecule has 0 aliphatic carbocycles. The van der Waals surface area contributed by atoms with Gasteiger partial charge in [0, 0.05) is 0 Å². The van der Waals surface area contributed by atoms with Crippen LogP contribution in [0.25, 0.3) is 0 Å². The summed E-state index contributed by atoms with van der Waals surface area (Å²) in [5, 5.41) is 13.1. The summed E-state index contributed by atoms with van der Waals surface area (Å²) < 4.78 is 0. The fourth-order valence-corrected chi connectivity index (χ4v) is 0.926. The van der Waals surface area contributed by atoms with Crippen LogP contribution in [0.3, 0.4) is 0 Å². The second kappa shape index (κ2) is 6.88. The van der Waals surface area contributed by atoms with E-state index in [9.17, 15) is 14.4 Å². The first kappa shape index (κ1) is 12.4. The van der Waals surface area contributed by atoms with Gasteiger partial charge in [-0.15, -0.1) is 0 Å². The highest BCUT2D eigenvalue weighted by Crippen LogP contribution is 1.96. The van der Waals surface area contributed by atoms with Crippen LogP contribution in [0.2, 0.25) is 0 Å². The molecule has 1 atom stereocenters. The summed E-state index contributed by atoms with van der Waals surface area (Å²) in [6.07, 6.45) is 1.43. The zero-order valence-corrected chi connectivity index (χ0v) is 7.95. The van der Waals surface area contributed by atoms with E-state index in [4.69, 9.17) is 5.11 Å². The predicted octanol–water partition coefficient (Wildman–Crippen LogP) is -0.898. The SMILES string of the molecule is CCCC(NC(=O)CNC=O)C(=O)O. The van der Waals surface area contributed by atoms with Crippen molar-refractivity contribution in [2.75, 3.05) is 6.54 Å². The summed E-state index contributed by atoms with van der Waals surface area (Å²) in [6.45, 7) is 1.63. The van der Waals surface area contributed by atoms with Crippen molar-refractivity contribution in [3.63, 3.8) is 0 Å². The maximum Gasteiger partial charge on any atom is 0.326 e. The molecule has 0 aromatic carbocycles. The zero-order valence-electron chi connectivity index (χ0n) is 7.95. The molecule has 0 aromatic heterocycles. The normalized spacial score (nSPS) is 11.5. The van der Waals surface area contributed by atoms with Gasteiger partial charge in [-0.1, -0.05) is 13.3 Å². The number of hydrogen-bond acceptors (Lipinski definition) is 3. The Balaban J connectivity index is 3.95. The van der Waals surface area contributed by atoms with Crippen LogP contribution in [0.4, 0.5) is 0 Å². The first-order chi connectivity index (χ1) is 6.61. The van der Waals surface area contributed by atoms with Crippen LogP contribution in [-0.4, -0.2) is 36.0 Å². The van der Waals surface area contributed by atoms with E-state index in [1.165, 1.54) is 0 Å². The lowest BCUT2D eigenvalue weighted by atomic mass is 10.2. The second-order valence-corrected chi connectivity index (χ2v) is 2.75. The summed E-state index contributed by atoms with van der Waals surface area (Å²) >= 11 is 0. The number of carboxylic acid groups (broad SMARTS) is 1. The standard InChI is InChI=1S/C8H14N2O4/c1-2-3-6(8(13)14)10-7(12)4-9-5-11/h5-6H,2-4H2,1H3,(H,9,11)(H,10,12)(H,13,14). The van der Waals surface area contributed by atoms with Crippen LogP contribution >= 0.6 is 0 Å². The Morgan fingerprint density at radius 2 is 2.14 bits per heavy atom. The maximum absolute atomic E-state index is 11.0. The van der Waals surface area contributed by atoms with E-state index in [-0.39, 0.29) is 6.54 Å². The molecule has 3 N–H and O–H groups in total. The van der Waals surface area contributed by atoms with Crippen molar-refractivity contribution in [2.45, 2.75) is 25.8 Å². The second-order valence-electron chi connectivity index (χ2n) is 2.75. The third kappa shape index (κ3) is 5.13. The van der Waals surface area contributed by atoms with Crippen LogP contribution in [-0.2, 0) is 14.4 Å². The Kier molecular flexibility index (Phi) is 6.09. The van der Waals surface area contributed by atoms with Gasteiger partial charge in [0.1, 0.15) is 6.04 Å². The number of aliphatic carboxylic acids is 1. The summed E-state index contributed by atoms with van der Waals surface area (Å²) in [5.41, 5.74) is 0. The molecule has 80 valence electrons. The van der Waals surface area contributed by atoms with Gasteiger partial charge >= 0.3 is 5.97 Å². The minimum Gasteiger partial charge on any atom is -0.480 e. The van der Waals surface area contributed by atoms with Gasteiger partial charge in [-0.05, 0) is 6.42 Å². The fraction of sp³-hybridized carbons (Fsp3) is 0.625. The van der Waals surface area contributed by atoms with Gasteiger partial charge in [-0.25, -0.2) is 4.79 Å². The van der Waals surface area contributed by atoms with Crippen LogP contribution in [0.15, 0.2) is 0 Å². The Morgan fingerprint density at radius 1 is 1.50 bits per heavy atom. The molecule has 6 nitrogen and oxygen atoms in total. The zero-order chi connectivity index (χ0) is 11.0. The topological polar surface area (TPSA) is 95.5 Å². The van der Waals surface area contributed by atoms with E-state index >= 15 is 0 Å². The van der Waals surface area contributed by atoms with Crippen molar-refractivity contribution in [1.82, 2.24) is 10.6 Å². The minimum absolute atomic E-state index is 0.197. The highest BCUT2D eigenvalue weighted by molar-refractivity contribution is 5.85. The van der Waals surface area contributed by atoms with Gasteiger partial charge in [0.05, 0.1) is 6.54 Å². The maximum atomic E-state index is 11.0. The van der Waals surface area contributed by atoms with E-state index in [1.54, 1.807) is 0 Å². The molecule has 0 rings (SSSR count). The molecule has 0 aromatic rings. The predicted molar refractivity (Wildman–Crippen MR) is 48.5 cm³/mol. The van der Waals surface area contributed by atoms with Crippen molar-refractivity contribution in [3.05, 3.63) is 0 Å². The van der Waals surface area contributed by atoms with Gasteiger partial charge in [0.15, 0.2) is 0 Å². The van der Waals surface area contributed by atoms with E-state index < -0.39 is 17.9 Å². The third-order valence-electron chi connectivity index (χ3n) is 1.56. The van der Waals surface area contributed by atoms with E-state index in [0.29, 0.717) is 19.3 Å². The van der Waals surface area contributed by atoms with Gasteiger partial charge < -0.3 is 15.7 Å². The molecule has 0 heterocycles. The average Bonchev–Trinajstić information content (AvgIpc) is 2.14. The summed E-state index contributed by atoms with van der Waals surface area (Å²) in [5.74, 6) is -1.57. The van der Waals surface area contributed by atoms with E-state index in [0.717, 1.165) is 0 Å². The number of carboxylic acids is 1. The molecule has 0 aliphatic heterocycles. The molecule has 6 heteroatoms. The van der Waals surface area contributed by atoms with Crippen molar-refractivity contribution in [2.24, 2.45) is 0 Å². The lowest BCUT2D eigenvalue weighted by molar-refractivity contribution is -0.141. The van der Waals surface area contributed by atoms with E-state index in [2.05, 4.69) is 10.6 Å². The number of nitrogens with one attached hydrogen (secondary N) is 2. The van der Waals surface area contributed by atoms with Crippen LogP contribution in [0.1, 0.15) is 19.8 Å². The molecule has 0 bridgehead atoms. The molecule has 14 heavy (non-hydrogen) atoms. The monoisotopic (exact) mass is 202 g/mol. The number of carbonyl (C=O) groups excluding carboxylic acids is 2. The molecular formula is C8H14N2O4. The van der Waals surface area contributed by atoms with Crippen LogP contribution in [0.5, 0.6) is 0 Å². The number of hydrogen-bond donors (Lipinski definition) is 3. The highest BCUT2D eigenvalue weighted by atomic mass is 16.4. The van der Waals surface area contributed by atoms with E-state index in [1.807, 2.05) is 6.92 Å². The van der Waals surface area contributed by atoms with Gasteiger partial charge in [-0.2, -0.15) is 0 Å². The Hall–Kier alpha value is -1.59. The lowest BCUT2D eigenvalue weighted by Gasteiger charge is -2.12. The molecule has 0 saturated carbocycles. The van der Waals surface area contributed by atoms with Crippen molar-refractivity contribution < 1.29 is 19.5 Å². The molecule has 0 spiro atoms. The molecule has 0 fully saturated rings. The number of amides is 2. The average molecular weight is 202 g/mol. The van der Waals surface area contributed by atoms with Gasteiger partial charge in [0.2, 0.25) is 12.3 Å². The summed E-state index contributed by atoms with van der Waals surface area (Å²) in [6, 6.07) is -0.874. The minimum atomic E-state index is -1.06. The van der Waals surface area contributed by atoms with Crippen molar-refractivity contribution in [3.8, 4) is 0 Å². The van der Waals surface area contributed by atoms with Gasteiger partial charge in [0.25, 0.3) is 0 Å². The first-order valence-corrected chi connectivity index (χ1v) is 4.31. The van der Waals surface area contributed by atoms with Crippen LogP contribution in [0, 0.1) is 0 Å². The molecule has 0 aliphatic rings. The molecule has 0 saturated heterocycles. The smallest absolute Gasteiger partial charge is 0.326 e. The highest BCUT2D eigenvalue weighted by Gasteiger charge is 2.17. The Bertz CT molecular complexity index is 217. The number of carbonyl (C=O) groups is 3.